The van der Waals surface area contributed by atoms with Crippen LogP contribution in [0.4, 0.5) is 38.0 Å². The average molecular weight is 497 g/mol. The molecule has 35 heavy (non-hydrogen) atoms. The molecule has 0 aliphatic heterocycles. The van der Waals surface area contributed by atoms with Crippen LogP contribution in [-0.2, 0) is 13.2 Å². The monoisotopic (exact) mass is 497 g/mol. The van der Waals surface area contributed by atoms with E-state index in [1.54, 1.807) is 0 Å². The predicted octanol–water partition coefficient (Wildman–Crippen LogP) is 5.18. The number of aromatic nitrogens is 6. The second-order valence-electron chi connectivity index (χ2n) is 7.38. The quantitative estimate of drug-likeness (QED) is 0.370. The molecule has 4 rings (SSSR count). The van der Waals surface area contributed by atoms with E-state index in [0.29, 0.717) is 5.56 Å². The van der Waals surface area contributed by atoms with Crippen molar-refractivity contribution in [3.63, 3.8) is 0 Å². The number of hydrogen-bond acceptors (Lipinski definition) is 6. The molecule has 0 radical (unpaired) electrons. The van der Waals surface area contributed by atoms with E-state index in [-0.39, 0.29) is 40.3 Å². The molecular formula is C21H17F6N7O. The van der Waals surface area contributed by atoms with E-state index in [4.69, 9.17) is 0 Å². The number of rotatable bonds is 6. The Morgan fingerprint density at radius 3 is 2.31 bits per heavy atom. The van der Waals surface area contributed by atoms with Crippen LogP contribution in [-0.4, -0.2) is 36.1 Å². The summed E-state index contributed by atoms with van der Waals surface area (Å²) in [6, 6.07) is 6.33. The van der Waals surface area contributed by atoms with Crippen LogP contribution in [0.1, 0.15) is 17.0 Å². The molecule has 1 N–H and O–H groups in total. The molecule has 0 aliphatic rings. The number of aryl methyl sites for hydroxylation is 2. The van der Waals surface area contributed by atoms with Gasteiger partial charge in [-0.15, -0.1) is 0 Å². The maximum absolute atomic E-state index is 13.4. The van der Waals surface area contributed by atoms with E-state index in [9.17, 15) is 26.3 Å². The zero-order valence-electron chi connectivity index (χ0n) is 18.4. The van der Waals surface area contributed by atoms with Gasteiger partial charge < -0.3 is 10.1 Å². The van der Waals surface area contributed by atoms with Gasteiger partial charge in [0, 0.05) is 18.7 Å². The zero-order chi connectivity index (χ0) is 25.5. The van der Waals surface area contributed by atoms with E-state index in [1.807, 2.05) is 0 Å². The molecule has 0 atom stereocenters. The number of anilines is 2. The summed E-state index contributed by atoms with van der Waals surface area (Å²) in [5.41, 5.74) is -0.805. The fourth-order valence-corrected chi connectivity index (χ4v) is 3.64. The number of nitrogens with one attached hydrogen (secondary N) is 1. The SMILES string of the molecule is Cc1nn(-c2cc(Nc3nn(C)c(-c4ccc(F)cc4)c3OC(F)F)ncn2)c(C)c1C(F)(F)F. The standard InChI is InChI=1S/C21H17F6N7O/c1-10-16(21(25,26)27)11(2)34(31-10)15-8-14(28-9-29-15)30-19-18(35-20(23)24)17(33(3)32-19)12-4-6-13(22)7-5-12/h4-9,20H,1-3H3,(H,28,29,30,32). The van der Waals surface area contributed by atoms with E-state index in [1.165, 1.54) is 43.8 Å². The Labute approximate surface area is 194 Å². The minimum atomic E-state index is -4.60. The molecule has 0 saturated carbocycles. The van der Waals surface area contributed by atoms with Crippen LogP contribution in [0.5, 0.6) is 5.75 Å². The first-order valence-electron chi connectivity index (χ1n) is 9.96. The van der Waals surface area contributed by atoms with Crippen molar-refractivity contribution in [1.82, 2.24) is 29.5 Å². The Kier molecular flexibility index (Phi) is 6.13. The van der Waals surface area contributed by atoms with Gasteiger partial charge in [-0.2, -0.15) is 32.1 Å². The van der Waals surface area contributed by atoms with Gasteiger partial charge in [0.25, 0.3) is 0 Å². The molecule has 0 bridgehead atoms. The van der Waals surface area contributed by atoms with Crippen molar-refractivity contribution in [2.75, 3.05) is 5.32 Å². The number of alkyl halides is 5. The lowest BCUT2D eigenvalue weighted by Gasteiger charge is -2.10. The summed E-state index contributed by atoms with van der Waals surface area (Å²) in [6.45, 7) is -0.721. The van der Waals surface area contributed by atoms with Gasteiger partial charge in [0.1, 0.15) is 23.7 Å². The molecule has 0 aliphatic carbocycles. The van der Waals surface area contributed by atoms with Crippen molar-refractivity contribution in [3.8, 4) is 22.8 Å². The number of hydrogen-bond donors (Lipinski definition) is 1. The lowest BCUT2D eigenvalue weighted by Crippen LogP contribution is -2.09. The molecule has 4 aromatic rings. The van der Waals surface area contributed by atoms with E-state index in [0.717, 1.165) is 23.1 Å². The first kappa shape index (κ1) is 24.0. The highest BCUT2D eigenvalue weighted by atomic mass is 19.4. The van der Waals surface area contributed by atoms with Gasteiger partial charge in [0.2, 0.25) is 0 Å². The maximum Gasteiger partial charge on any atom is 0.419 e. The zero-order valence-corrected chi connectivity index (χ0v) is 18.4. The first-order valence-corrected chi connectivity index (χ1v) is 9.96. The summed E-state index contributed by atoms with van der Waals surface area (Å²) in [5, 5.41) is 10.8. The van der Waals surface area contributed by atoms with Gasteiger partial charge in [-0.25, -0.2) is 19.0 Å². The normalized spacial score (nSPS) is 11.8. The smallest absolute Gasteiger partial charge is 0.419 e. The third-order valence-corrected chi connectivity index (χ3v) is 5.02. The third kappa shape index (κ3) is 4.76. The summed E-state index contributed by atoms with van der Waals surface area (Å²) < 4.78 is 86.7. The van der Waals surface area contributed by atoms with Crippen LogP contribution in [0, 0.1) is 19.7 Å². The van der Waals surface area contributed by atoms with Crippen LogP contribution in [0.25, 0.3) is 17.1 Å². The minimum Gasteiger partial charge on any atom is -0.428 e. The Morgan fingerprint density at radius 1 is 1.03 bits per heavy atom. The average Bonchev–Trinajstić information content (AvgIpc) is 3.23. The summed E-state index contributed by atoms with van der Waals surface area (Å²) in [4.78, 5) is 7.95. The lowest BCUT2D eigenvalue weighted by molar-refractivity contribution is -0.138. The Morgan fingerprint density at radius 2 is 1.71 bits per heavy atom. The molecule has 0 unspecified atom stereocenters. The number of benzene rings is 1. The van der Waals surface area contributed by atoms with Gasteiger partial charge in [0.05, 0.1) is 17.0 Å². The van der Waals surface area contributed by atoms with Crippen molar-refractivity contribution in [2.45, 2.75) is 26.6 Å². The Hall–Kier alpha value is -4.10. The predicted molar refractivity (Wildman–Crippen MR) is 112 cm³/mol. The van der Waals surface area contributed by atoms with Crippen molar-refractivity contribution >= 4 is 11.6 Å². The second-order valence-corrected chi connectivity index (χ2v) is 7.38. The van der Waals surface area contributed by atoms with Crippen LogP contribution < -0.4 is 10.1 Å². The largest absolute Gasteiger partial charge is 0.428 e. The van der Waals surface area contributed by atoms with Crippen LogP contribution in [0.15, 0.2) is 36.7 Å². The molecule has 14 heteroatoms. The minimum absolute atomic E-state index is 0.00428. The van der Waals surface area contributed by atoms with Gasteiger partial charge in [-0.1, -0.05) is 0 Å². The van der Waals surface area contributed by atoms with Crippen LogP contribution in [0.2, 0.25) is 0 Å². The highest BCUT2D eigenvalue weighted by molar-refractivity contribution is 5.76. The molecule has 0 amide bonds. The first-order chi connectivity index (χ1) is 16.5. The van der Waals surface area contributed by atoms with E-state index >= 15 is 0 Å². The molecular weight excluding hydrogens is 480 g/mol. The molecule has 0 fully saturated rings. The Bertz CT molecular complexity index is 1360. The topological polar surface area (TPSA) is 82.7 Å². The van der Waals surface area contributed by atoms with Crippen molar-refractivity contribution in [3.05, 3.63) is 59.4 Å². The van der Waals surface area contributed by atoms with Crippen molar-refractivity contribution < 1.29 is 31.1 Å². The van der Waals surface area contributed by atoms with Gasteiger partial charge >= 0.3 is 12.8 Å². The lowest BCUT2D eigenvalue weighted by atomic mass is 10.1. The number of nitrogens with zero attached hydrogens (tertiary/aromatic N) is 6. The molecule has 184 valence electrons. The fourth-order valence-electron chi connectivity index (χ4n) is 3.64. The van der Waals surface area contributed by atoms with Crippen LogP contribution in [0.3, 0.4) is 0 Å². The highest BCUT2D eigenvalue weighted by Gasteiger charge is 2.37. The Balaban J connectivity index is 1.74. The van der Waals surface area contributed by atoms with Gasteiger partial charge in [-0.05, 0) is 38.1 Å². The van der Waals surface area contributed by atoms with E-state index in [2.05, 4.69) is 30.2 Å². The summed E-state index contributed by atoms with van der Waals surface area (Å²) in [6.07, 6.45) is -3.54. The van der Waals surface area contributed by atoms with Gasteiger partial charge in [-0.3, -0.25) is 4.68 Å². The van der Waals surface area contributed by atoms with Crippen LogP contribution >= 0.6 is 0 Å². The third-order valence-electron chi connectivity index (χ3n) is 5.02. The maximum atomic E-state index is 13.4. The molecule has 8 nitrogen and oxygen atoms in total. The fraction of sp³-hybridized carbons (Fsp3) is 0.238. The number of ether oxygens (including phenoxy) is 1. The summed E-state index contributed by atoms with van der Waals surface area (Å²) in [5.74, 6) is -0.971. The number of halogens is 6. The highest BCUT2D eigenvalue weighted by Crippen LogP contribution is 2.39. The molecule has 3 aromatic heterocycles. The second kappa shape index (κ2) is 8.92. The summed E-state index contributed by atoms with van der Waals surface area (Å²) in [7, 11) is 1.47. The van der Waals surface area contributed by atoms with Crippen molar-refractivity contribution in [1.29, 1.82) is 0 Å². The molecule has 3 heterocycles. The molecule has 0 spiro atoms. The van der Waals surface area contributed by atoms with E-state index < -0.39 is 24.2 Å². The van der Waals surface area contributed by atoms with Crippen molar-refractivity contribution in [2.24, 2.45) is 7.05 Å². The molecule has 1 aromatic carbocycles. The summed E-state index contributed by atoms with van der Waals surface area (Å²) >= 11 is 0. The van der Waals surface area contributed by atoms with Gasteiger partial charge in [0.15, 0.2) is 17.4 Å². The molecule has 0 saturated heterocycles.